The number of carbonyl (C=O) groups is 2. The van der Waals surface area contributed by atoms with Gasteiger partial charge in [-0.2, -0.15) is 10.1 Å². The number of hydrogen-bond donors (Lipinski definition) is 1. The van der Waals surface area contributed by atoms with Crippen molar-refractivity contribution in [2.24, 2.45) is 5.10 Å². The summed E-state index contributed by atoms with van der Waals surface area (Å²) in [5, 5.41) is 8.16. The predicted molar refractivity (Wildman–Crippen MR) is 137 cm³/mol. The predicted octanol–water partition coefficient (Wildman–Crippen LogP) is 6.01. The molecule has 0 radical (unpaired) electrons. The van der Waals surface area contributed by atoms with Crippen LogP contribution in [0.5, 0.6) is 11.5 Å². The first kappa shape index (κ1) is 23.0. The van der Waals surface area contributed by atoms with Gasteiger partial charge in [-0.25, -0.2) is 4.79 Å². The van der Waals surface area contributed by atoms with Crippen LogP contribution in [0.25, 0.3) is 0 Å². The second kappa shape index (κ2) is 9.44. The Balaban J connectivity index is 1.34. The second-order valence-corrected chi connectivity index (χ2v) is 8.95. The molecule has 3 aromatic rings. The lowest BCUT2D eigenvalue weighted by atomic mass is 9.98. The Bertz CT molecular complexity index is 1350. The molecule has 0 aliphatic carbocycles. The zero-order chi connectivity index (χ0) is 24.5. The van der Waals surface area contributed by atoms with Crippen molar-refractivity contribution in [3.05, 3.63) is 99.7 Å². The summed E-state index contributed by atoms with van der Waals surface area (Å²) in [4.78, 5) is 27.1. The molecule has 0 atom stereocenters. The van der Waals surface area contributed by atoms with Crippen LogP contribution in [0.2, 0.25) is 10.0 Å². The minimum Gasteiger partial charge on any atom is -0.454 e. The average molecular weight is 507 g/mol. The van der Waals surface area contributed by atoms with E-state index in [9.17, 15) is 9.59 Å². The van der Waals surface area contributed by atoms with E-state index in [0.29, 0.717) is 42.2 Å². The Labute approximate surface area is 212 Å². The summed E-state index contributed by atoms with van der Waals surface area (Å²) in [6.45, 7) is 4.83. The van der Waals surface area contributed by atoms with E-state index in [1.165, 1.54) is 18.3 Å². The van der Waals surface area contributed by atoms with E-state index in [0.717, 1.165) is 16.1 Å². The normalized spacial score (nSPS) is 15.2. The van der Waals surface area contributed by atoms with Crippen LogP contribution in [-0.4, -0.2) is 29.6 Å². The van der Waals surface area contributed by atoms with Gasteiger partial charge in [-0.05, 0) is 47.9 Å². The molecule has 9 heteroatoms. The summed E-state index contributed by atoms with van der Waals surface area (Å²) in [5.41, 5.74) is 3.41. The van der Waals surface area contributed by atoms with Crippen molar-refractivity contribution in [1.82, 2.24) is 10.2 Å². The van der Waals surface area contributed by atoms with Gasteiger partial charge in [-0.15, -0.1) is 0 Å². The van der Waals surface area contributed by atoms with Crippen LogP contribution in [0, 0.1) is 0 Å². The van der Waals surface area contributed by atoms with E-state index >= 15 is 0 Å². The molecule has 0 saturated heterocycles. The lowest BCUT2D eigenvalue weighted by Crippen LogP contribution is -2.40. The minimum absolute atomic E-state index is 0.00915. The maximum Gasteiger partial charge on any atom is 0.347 e. The van der Waals surface area contributed by atoms with Gasteiger partial charge in [0.1, 0.15) is 5.75 Å². The molecule has 2 aliphatic rings. The largest absolute Gasteiger partial charge is 0.454 e. The first-order chi connectivity index (χ1) is 16.9. The van der Waals surface area contributed by atoms with Gasteiger partial charge in [0.25, 0.3) is 5.91 Å². The molecule has 3 amide bonds. The van der Waals surface area contributed by atoms with Crippen LogP contribution in [0.1, 0.15) is 21.5 Å². The summed E-state index contributed by atoms with van der Waals surface area (Å²) >= 11 is 12.9. The zero-order valence-corrected chi connectivity index (χ0v) is 20.0. The van der Waals surface area contributed by atoms with Gasteiger partial charge in [-0.3, -0.25) is 4.79 Å². The molecule has 7 nitrogen and oxygen atoms in total. The number of ether oxygens (including phenoxy) is 1. The Morgan fingerprint density at radius 1 is 1.03 bits per heavy atom. The van der Waals surface area contributed by atoms with Gasteiger partial charge >= 0.3 is 6.03 Å². The van der Waals surface area contributed by atoms with Crippen molar-refractivity contribution in [3.63, 3.8) is 0 Å². The van der Waals surface area contributed by atoms with E-state index < -0.39 is 6.03 Å². The monoisotopic (exact) mass is 506 g/mol. The van der Waals surface area contributed by atoms with Crippen LogP contribution in [0.15, 0.2) is 78.0 Å². The van der Waals surface area contributed by atoms with Crippen molar-refractivity contribution in [2.75, 3.05) is 11.6 Å². The Kier molecular flexibility index (Phi) is 6.19. The Hall–Kier alpha value is -3.81. The van der Waals surface area contributed by atoms with Gasteiger partial charge in [0.05, 0.1) is 27.6 Å². The first-order valence-electron chi connectivity index (χ1n) is 10.9. The van der Waals surface area contributed by atoms with E-state index in [-0.39, 0.29) is 21.7 Å². The van der Waals surface area contributed by atoms with Crippen molar-refractivity contribution >= 4 is 47.0 Å². The third-order valence-corrected chi connectivity index (χ3v) is 6.26. The molecule has 0 spiro atoms. The highest BCUT2D eigenvalue weighted by Crippen LogP contribution is 2.40. The highest BCUT2D eigenvalue weighted by Gasteiger charge is 2.26. The summed E-state index contributed by atoms with van der Waals surface area (Å²) in [6.07, 6.45) is 2.13. The lowest BCUT2D eigenvalue weighted by molar-refractivity contribution is 0.0727. The highest BCUT2D eigenvalue weighted by atomic mass is 35.5. The third-order valence-electron chi connectivity index (χ3n) is 5.70. The highest BCUT2D eigenvalue weighted by molar-refractivity contribution is 6.37. The molecular weight excluding hydrogens is 487 g/mol. The fourth-order valence-electron chi connectivity index (χ4n) is 4.00. The van der Waals surface area contributed by atoms with Gasteiger partial charge < -0.3 is 15.0 Å². The number of fused-ring (bicyclic) bond motifs is 1. The van der Waals surface area contributed by atoms with Gasteiger partial charge in [0, 0.05) is 18.7 Å². The molecule has 2 aliphatic heterocycles. The maximum atomic E-state index is 13.0. The number of hydrogen-bond acceptors (Lipinski definition) is 4. The number of hydrazone groups is 1. The summed E-state index contributed by atoms with van der Waals surface area (Å²) in [5.74, 6) is 0.746. The van der Waals surface area contributed by atoms with Gasteiger partial charge in [0.2, 0.25) is 0 Å². The number of nitrogens with one attached hydrogen (secondary N) is 1. The number of rotatable bonds is 5. The standard InChI is InChI=1S/C26H20Cl2N4O3/c1-16-14-29-32(26(34)30-16)19-12-22(27)24(23(28)13-19)35-20-7-8-21-18(11-20)9-10-31(25(21)33)15-17-5-3-2-4-6-17/h2-8,11-14H,1,9-10,15H2,(H,30,34). The molecule has 0 aromatic heterocycles. The first-order valence-corrected chi connectivity index (χ1v) is 11.6. The molecule has 5 rings (SSSR count). The SMILES string of the molecule is C=C1C=NN(c2cc(Cl)c(Oc3ccc4c(c3)CCN(Cc3ccccc3)C4=O)c(Cl)c2)C(=O)N1. The number of urea groups is 1. The average Bonchev–Trinajstić information content (AvgIpc) is 2.84. The lowest BCUT2D eigenvalue weighted by Gasteiger charge is -2.29. The number of halogens is 2. The van der Waals surface area contributed by atoms with E-state index in [4.69, 9.17) is 27.9 Å². The fraction of sp³-hybridized carbons (Fsp3) is 0.115. The molecule has 0 bridgehead atoms. The molecule has 3 aromatic carbocycles. The van der Waals surface area contributed by atoms with Gasteiger partial charge in [-0.1, -0.05) is 60.1 Å². The number of anilines is 1. The topological polar surface area (TPSA) is 74.2 Å². The minimum atomic E-state index is -0.473. The number of nitrogens with zero attached hydrogens (tertiary/aromatic N) is 3. The Morgan fingerprint density at radius 2 is 1.77 bits per heavy atom. The number of amides is 3. The van der Waals surface area contributed by atoms with E-state index in [1.54, 1.807) is 12.1 Å². The summed E-state index contributed by atoms with van der Waals surface area (Å²) in [6, 6.07) is 17.8. The van der Waals surface area contributed by atoms with Crippen molar-refractivity contribution in [1.29, 1.82) is 0 Å². The summed E-state index contributed by atoms with van der Waals surface area (Å²) in [7, 11) is 0. The van der Waals surface area contributed by atoms with Crippen LogP contribution >= 0.6 is 23.2 Å². The zero-order valence-electron chi connectivity index (χ0n) is 18.5. The quantitative estimate of drug-likeness (QED) is 0.460. The molecule has 35 heavy (non-hydrogen) atoms. The molecule has 1 N–H and O–H groups in total. The third kappa shape index (κ3) is 4.73. The molecular formula is C26H20Cl2N4O3. The second-order valence-electron chi connectivity index (χ2n) is 8.13. The van der Waals surface area contributed by atoms with E-state index in [2.05, 4.69) is 17.0 Å². The van der Waals surface area contributed by atoms with Gasteiger partial charge in [0.15, 0.2) is 5.75 Å². The smallest absolute Gasteiger partial charge is 0.347 e. The van der Waals surface area contributed by atoms with Crippen LogP contribution in [-0.2, 0) is 13.0 Å². The number of allylic oxidation sites excluding steroid dienone is 1. The molecule has 2 heterocycles. The maximum absolute atomic E-state index is 13.0. The summed E-state index contributed by atoms with van der Waals surface area (Å²) < 4.78 is 5.99. The molecule has 0 fully saturated rings. The van der Waals surface area contributed by atoms with Crippen molar-refractivity contribution < 1.29 is 14.3 Å². The molecule has 176 valence electrons. The van der Waals surface area contributed by atoms with Crippen LogP contribution in [0.3, 0.4) is 0 Å². The van der Waals surface area contributed by atoms with Crippen molar-refractivity contribution in [2.45, 2.75) is 13.0 Å². The number of carbonyl (C=O) groups excluding carboxylic acids is 2. The Morgan fingerprint density at radius 3 is 2.49 bits per heavy atom. The molecule has 0 unspecified atom stereocenters. The van der Waals surface area contributed by atoms with Crippen LogP contribution in [0.4, 0.5) is 10.5 Å². The van der Waals surface area contributed by atoms with Crippen molar-refractivity contribution in [3.8, 4) is 11.5 Å². The number of benzene rings is 3. The fourth-order valence-corrected chi connectivity index (χ4v) is 4.55. The molecule has 0 saturated carbocycles. The van der Waals surface area contributed by atoms with E-state index in [1.807, 2.05) is 41.3 Å². The van der Waals surface area contributed by atoms with Crippen LogP contribution < -0.4 is 15.1 Å².